The average Bonchev–Trinajstić information content (AvgIpc) is 2.80. The van der Waals surface area contributed by atoms with Crippen molar-refractivity contribution in [2.75, 3.05) is 16.4 Å². The van der Waals surface area contributed by atoms with Crippen molar-refractivity contribution in [1.82, 2.24) is 0 Å². The van der Waals surface area contributed by atoms with Crippen molar-refractivity contribution in [3.8, 4) is 0 Å². The van der Waals surface area contributed by atoms with Crippen LogP contribution in [-0.2, 0) is 9.84 Å². The maximum Gasteiger partial charge on any atom is 0.261 e. The lowest BCUT2D eigenvalue weighted by molar-refractivity contribution is 0.0941. The fourth-order valence-corrected chi connectivity index (χ4v) is 4.83. The number of aryl methyl sites for hydroxylation is 1. The molecule has 0 aliphatic carbocycles. The maximum atomic E-state index is 14.1. The minimum atomic E-state index is -3.47. The van der Waals surface area contributed by atoms with Gasteiger partial charge in [-0.15, -0.1) is 0 Å². The summed E-state index contributed by atoms with van der Waals surface area (Å²) >= 11 is 0. The number of aliphatic hydroxyl groups is 1. The van der Waals surface area contributed by atoms with Crippen LogP contribution in [0.5, 0.6) is 0 Å². The highest BCUT2D eigenvalue weighted by Gasteiger charge is 2.43. The van der Waals surface area contributed by atoms with Gasteiger partial charge in [-0.05, 0) is 36.8 Å². The van der Waals surface area contributed by atoms with Crippen LogP contribution in [0.2, 0.25) is 0 Å². The third kappa shape index (κ3) is 3.57. The van der Waals surface area contributed by atoms with Gasteiger partial charge in [-0.25, -0.2) is 12.8 Å². The summed E-state index contributed by atoms with van der Waals surface area (Å²) in [5, 5.41) is 10.2. The van der Waals surface area contributed by atoms with Crippen molar-refractivity contribution < 1.29 is 22.7 Å². The third-order valence-electron chi connectivity index (χ3n) is 4.23. The van der Waals surface area contributed by atoms with Crippen LogP contribution in [0.1, 0.15) is 15.9 Å². The summed E-state index contributed by atoms with van der Waals surface area (Å²) in [5.41, 5.74) is 1.12. The predicted molar refractivity (Wildman–Crippen MR) is 92.8 cm³/mol. The Morgan fingerprint density at radius 1 is 1.16 bits per heavy atom. The summed E-state index contributed by atoms with van der Waals surface area (Å²) in [4.78, 5) is 14.2. The Morgan fingerprint density at radius 3 is 2.48 bits per heavy atom. The van der Waals surface area contributed by atoms with E-state index in [-0.39, 0.29) is 11.3 Å². The molecule has 3 rings (SSSR count). The molecular formula is C18H18FNO4S. The van der Waals surface area contributed by atoms with Crippen LogP contribution in [-0.4, -0.2) is 43.1 Å². The summed E-state index contributed by atoms with van der Waals surface area (Å²) in [6.45, 7) is 1.83. The lowest BCUT2D eigenvalue weighted by atomic mass is 10.1. The molecule has 1 amide bonds. The Bertz CT molecular complexity index is 913. The minimum Gasteiger partial charge on any atom is -0.390 e. The summed E-state index contributed by atoms with van der Waals surface area (Å²) in [5.74, 6) is -2.14. The van der Waals surface area contributed by atoms with Gasteiger partial charge in [0, 0.05) is 5.69 Å². The molecule has 2 atom stereocenters. The van der Waals surface area contributed by atoms with E-state index >= 15 is 0 Å². The monoisotopic (exact) mass is 363 g/mol. The predicted octanol–water partition coefficient (Wildman–Crippen LogP) is 1.94. The molecule has 0 saturated carbocycles. The van der Waals surface area contributed by atoms with E-state index in [4.69, 9.17) is 0 Å². The highest BCUT2D eigenvalue weighted by Crippen LogP contribution is 2.28. The van der Waals surface area contributed by atoms with Crippen molar-refractivity contribution >= 4 is 21.4 Å². The number of hydrogen-bond acceptors (Lipinski definition) is 4. The summed E-state index contributed by atoms with van der Waals surface area (Å²) < 4.78 is 37.9. The van der Waals surface area contributed by atoms with Gasteiger partial charge in [0.1, 0.15) is 5.82 Å². The van der Waals surface area contributed by atoms with Gasteiger partial charge in [-0.2, -0.15) is 0 Å². The van der Waals surface area contributed by atoms with Gasteiger partial charge < -0.3 is 10.0 Å². The van der Waals surface area contributed by atoms with Crippen LogP contribution in [0.3, 0.4) is 0 Å². The van der Waals surface area contributed by atoms with E-state index < -0.39 is 39.5 Å². The van der Waals surface area contributed by atoms with Crippen LogP contribution >= 0.6 is 0 Å². The number of carbonyl (C=O) groups excluding carboxylic acids is 1. The van der Waals surface area contributed by atoms with E-state index in [1.165, 1.54) is 29.2 Å². The fraction of sp³-hybridized carbons (Fsp3) is 0.278. The standard InChI is InChI=1S/C18H18FNO4S/c1-12-5-4-6-13(9-12)20(16-10-25(23,24)11-17(16)21)18(22)14-7-2-3-8-15(14)19/h2-9,16-17,21H,10-11H2,1H3. The lowest BCUT2D eigenvalue weighted by Crippen LogP contribution is -2.47. The van der Waals surface area contributed by atoms with Crippen LogP contribution in [0.25, 0.3) is 0 Å². The number of halogens is 1. The molecule has 0 aromatic heterocycles. The van der Waals surface area contributed by atoms with Crippen molar-refractivity contribution in [2.24, 2.45) is 0 Å². The number of amides is 1. The topological polar surface area (TPSA) is 74.7 Å². The Morgan fingerprint density at radius 2 is 1.88 bits per heavy atom. The summed E-state index contributed by atoms with van der Waals surface area (Å²) in [7, 11) is -3.47. The number of hydrogen-bond donors (Lipinski definition) is 1. The van der Waals surface area contributed by atoms with E-state index in [0.717, 1.165) is 5.56 Å². The lowest BCUT2D eigenvalue weighted by Gasteiger charge is -2.30. The second-order valence-corrected chi connectivity index (χ2v) is 8.36. The van der Waals surface area contributed by atoms with Gasteiger partial charge in [-0.1, -0.05) is 24.3 Å². The van der Waals surface area contributed by atoms with Crippen LogP contribution in [0, 0.1) is 12.7 Å². The second-order valence-electron chi connectivity index (χ2n) is 6.21. The number of rotatable bonds is 3. The van der Waals surface area contributed by atoms with Gasteiger partial charge in [0.15, 0.2) is 9.84 Å². The molecule has 1 aliphatic rings. The average molecular weight is 363 g/mol. The van der Waals surface area contributed by atoms with Gasteiger partial charge in [0.2, 0.25) is 0 Å². The van der Waals surface area contributed by atoms with E-state index in [0.29, 0.717) is 5.69 Å². The van der Waals surface area contributed by atoms with E-state index in [2.05, 4.69) is 0 Å². The number of benzene rings is 2. The maximum absolute atomic E-state index is 14.1. The molecule has 2 aromatic rings. The van der Waals surface area contributed by atoms with E-state index in [9.17, 15) is 22.7 Å². The number of nitrogens with zero attached hydrogens (tertiary/aromatic N) is 1. The molecule has 1 saturated heterocycles. The first-order chi connectivity index (χ1) is 11.8. The zero-order valence-corrected chi connectivity index (χ0v) is 14.4. The largest absolute Gasteiger partial charge is 0.390 e. The van der Waals surface area contributed by atoms with Crippen LogP contribution in [0.15, 0.2) is 48.5 Å². The molecule has 132 valence electrons. The highest BCUT2D eigenvalue weighted by molar-refractivity contribution is 7.91. The van der Waals surface area contributed by atoms with Gasteiger partial charge >= 0.3 is 0 Å². The normalized spacial score (nSPS) is 21.9. The SMILES string of the molecule is Cc1cccc(N(C(=O)c2ccccc2F)C2CS(=O)(=O)CC2O)c1. The molecule has 0 radical (unpaired) electrons. The van der Waals surface area contributed by atoms with Crippen molar-refractivity contribution in [3.63, 3.8) is 0 Å². The molecule has 0 bridgehead atoms. The molecule has 1 heterocycles. The first kappa shape index (κ1) is 17.6. The Hall–Kier alpha value is -2.25. The second kappa shape index (κ2) is 6.57. The molecular weight excluding hydrogens is 345 g/mol. The summed E-state index contributed by atoms with van der Waals surface area (Å²) in [6, 6.07) is 11.5. The smallest absolute Gasteiger partial charge is 0.261 e. The van der Waals surface area contributed by atoms with Crippen molar-refractivity contribution in [1.29, 1.82) is 0 Å². The first-order valence-electron chi connectivity index (χ1n) is 7.82. The molecule has 2 aromatic carbocycles. The zero-order chi connectivity index (χ0) is 18.2. The van der Waals surface area contributed by atoms with Crippen molar-refractivity contribution in [2.45, 2.75) is 19.1 Å². The number of carbonyl (C=O) groups is 1. The Labute approximate surface area is 145 Å². The highest BCUT2D eigenvalue weighted by atomic mass is 32.2. The Kier molecular flexibility index (Phi) is 4.62. The quantitative estimate of drug-likeness (QED) is 0.904. The molecule has 25 heavy (non-hydrogen) atoms. The van der Waals surface area contributed by atoms with Crippen LogP contribution in [0.4, 0.5) is 10.1 Å². The van der Waals surface area contributed by atoms with Gasteiger partial charge in [-0.3, -0.25) is 4.79 Å². The number of sulfone groups is 1. The third-order valence-corrected chi connectivity index (χ3v) is 5.93. The number of aliphatic hydroxyl groups excluding tert-OH is 1. The van der Waals surface area contributed by atoms with Gasteiger partial charge in [0.25, 0.3) is 5.91 Å². The molecule has 0 spiro atoms. The minimum absolute atomic E-state index is 0.166. The fourth-order valence-electron chi connectivity index (χ4n) is 3.06. The molecule has 1 fully saturated rings. The van der Waals surface area contributed by atoms with Gasteiger partial charge in [0.05, 0.1) is 29.2 Å². The zero-order valence-electron chi connectivity index (χ0n) is 13.6. The molecule has 7 heteroatoms. The molecule has 1 aliphatic heterocycles. The molecule has 2 unspecified atom stereocenters. The van der Waals surface area contributed by atoms with Crippen molar-refractivity contribution in [3.05, 3.63) is 65.5 Å². The first-order valence-corrected chi connectivity index (χ1v) is 9.64. The summed E-state index contributed by atoms with van der Waals surface area (Å²) in [6.07, 6.45) is -1.22. The van der Waals surface area contributed by atoms with E-state index in [1.54, 1.807) is 18.2 Å². The Balaban J connectivity index is 2.10. The number of anilines is 1. The molecule has 5 nitrogen and oxygen atoms in total. The molecule has 1 N–H and O–H groups in total. The van der Waals surface area contributed by atoms with Crippen LogP contribution < -0.4 is 4.90 Å². The van der Waals surface area contributed by atoms with E-state index in [1.807, 2.05) is 13.0 Å².